The smallest absolute Gasteiger partial charge is 0.428 e. The SMILES string of the molecule is C=C(C[C@@](O)(C(=O)OC)C(F)(F)F)c1ccccc1OC. The summed E-state index contributed by atoms with van der Waals surface area (Å²) >= 11 is 0. The number of alkyl halides is 3. The molecule has 1 atom stereocenters. The van der Waals surface area contributed by atoms with Crippen LogP contribution in [0, 0.1) is 0 Å². The number of para-hydroxylation sites is 1. The molecule has 7 heteroatoms. The first-order valence-electron chi connectivity index (χ1n) is 5.86. The van der Waals surface area contributed by atoms with Crippen molar-refractivity contribution >= 4 is 11.5 Å². The summed E-state index contributed by atoms with van der Waals surface area (Å²) in [4.78, 5) is 11.3. The number of esters is 1. The van der Waals surface area contributed by atoms with Crippen LogP contribution >= 0.6 is 0 Å². The second kappa shape index (κ2) is 6.17. The van der Waals surface area contributed by atoms with Crippen molar-refractivity contribution in [1.29, 1.82) is 0 Å². The van der Waals surface area contributed by atoms with Crippen LogP contribution in [0.3, 0.4) is 0 Å². The van der Waals surface area contributed by atoms with E-state index < -0.39 is 24.2 Å². The van der Waals surface area contributed by atoms with Crippen LogP contribution in [0.25, 0.3) is 5.57 Å². The number of ether oxygens (including phenoxy) is 2. The molecule has 1 rings (SSSR count). The Kier molecular flexibility index (Phi) is 5.01. The first-order chi connectivity index (χ1) is 9.67. The van der Waals surface area contributed by atoms with Gasteiger partial charge in [0.2, 0.25) is 0 Å². The topological polar surface area (TPSA) is 55.8 Å². The minimum absolute atomic E-state index is 0.0994. The molecule has 0 unspecified atom stereocenters. The molecule has 0 amide bonds. The van der Waals surface area contributed by atoms with Crippen molar-refractivity contribution in [3.8, 4) is 5.75 Å². The molecule has 0 saturated carbocycles. The van der Waals surface area contributed by atoms with E-state index in [0.29, 0.717) is 0 Å². The summed E-state index contributed by atoms with van der Waals surface area (Å²) in [5.74, 6) is -1.50. The minimum atomic E-state index is -5.19. The van der Waals surface area contributed by atoms with Crippen molar-refractivity contribution in [2.24, 2.45) is 0 Å². The molecule has 116 valence electrons. The van der Waals surface area contributed by atoms with Crippen LogP contribution in [0.4, 0.5) is 13.2 Å². The number of rotatable bonds is 5. The van der Waals surface area contributed by atoms with Crippen LogP contribution in [0.1, 0.15) is 12.0 Å². The number of benzene rings is 1. The summed E-state index contributed by atoms with van der Waals surface area (Å²) < 4.78 is 48.0. The van der Waals surface area contributed by atoms with Crippen molar-refractivity contribution in [3.63, 3.8) is 0 Å². The zero-order valence-corrected chi connectivity index (χ0v) is 11.5. The maximum Gasteiger partial charge on any atom is 0.428 e. The molecular weight excluding hydrogens is 289 g/mol. The van der Waals surface area contributed by atoms with Gasteiger partial charge in [0, 0.05) is 12.0 Å². The highest BCUT2D eigenvalue weighted by atomic mass is 19.4. The van der Waals surface area contributed by atoms with Crippen LogP contribution in [0.2, 0.25) is 0 Å². The summed E-state index contributed by atoms with van der Waals surface area (Å²) in [6.07, 6.45) is -6.24. The Morgan fingerprint density at radius 1 is 1.29 bits per heavy atom. The number of carbonyl (C=O) groups is 1. The number of aliphatic hydroxyl groups is 1. The Balaban J connectivity index is 3.16. The zero-order chi connectivity index (χ0) is 16.3. The molecule has 21 heavy (non-hydrogen) atoms. The Morgan fingerprint density at radius 3 is 2.33 bits per heavy atom. The fourth-order valence-corrected chi connectivity index (χ4v) is 1.80. The third kappa shape index (κ3) is 3.36. The van der Waals surface area contributed by atoms with Gasteiger partial charge in [-0.1, -0.05) is 24.8 Å². The van der Waals surface area contributed by atoms with Gasteiger partial charge in [0.15, 0.2) is 0 Å². The Hall–Kier alpha value is -2.02. The van der Waals surface area contributed by atoms with E-state index in [-0.39, 0.29) is 16.9 Å². The molecule has 0 saturated heterocycles. The van der Waals surface area contributed by atoms with Gasteiger partial charge in [0.1, 0.15) is 5.75 Å². The lowest BCUT2D eigenvalue weighted by Crippen LogP contribution is -2.52. The minimum Gasteiger partial charge on any atom is -0.496 e. The summed E-state index contributed by atoms with van der Waals surface area (Å²) in [7, 11) is 2.12. The molecule has 1 aromatic carbocycles. The molecule has 0 fully saturated rings. The van der Waals surface area contributed by atoms with Gasteiger partial charge in [0.25, 0.3) is 5.60 Å². The maximum absolute atomic E-state index is 13.0. The van der Waals surface area contributed by atoms with Gasteiger partial charge in [-0.3, -0.25) is 0 Å². The molecule has 1 N–H and O–H groups in total. The van der Waals surface area contributed by atoms with E-state index in [1.54, 1.807) is 12.1 Å². The predicted octanol–water partition coefficient (Wildman–Crippen LogP) is 2.56. The van der Waals surface area contributed by atoms with E-state index in [2.05, 4.69) is 11.3 Å². The zero-order valence-electron chi connectivity index (χ0n) is 11.5. The van der Waals surface area contributed by atoms with Gasteiger partial charge in [0.05, 0.1) is 14.2 Å². The lowest BCUT2D eigenvalue weighted by atomic mass is 9.90. The first-order valence-corrected chi connectivity index (χ1v) is 5.86. The fourth-order valence-electron chi connectivity index (χ4n) is 1.80. The average Bonchev–Trinajstić information content (AvgIpc) is 2.44. The summed E-state index contributed by atoms with van der Waals surface area (Å²) in [6.45, 7) is 3.50. The van der Waals surface area contributed by atoms with Gasteiger partial charge in [-0.2, -0.15) is 13.2 Å². The lowest BCUT2D eigenvalue weighted by Gasteiger charge is -2.28. The van der Waals surface area contributed by atoms with E-state index in [0.717, 1.165) is 7.11 Å². The molecule has 4 nitrogen and oxygen atoms in total. The van der Waals surface area contributed by atoms with E-state index in [4.69, 9.17) is 4.74 Å². The van der Waals surface area contributed by atoms with Gasteiger partial charge >= 0.3 is 12.1 Å². The average molecular weight is 304 g/mol. The summed E-state index contributed by atoms with van der Waals surface area (Å²) in [6, 6.07) is 6.22. The van der Waals surface area contributed by atoms with Crippen LogP contribution in [0.15, 0.2) is 30.8 Å². The molecule has 1 aromatic rings. The Labute approximate surface area is 119 Å². The number of hydrogen-bond acceptors (Lipinski definition) is 4. The number of carbonyl (C=O) groups excluding carboxylic acids is 1. The van der Waals surface area contributed by atoms with E-state index in [1.165, 1.54) is 19.2 Å². The summed E-state index contributed by atoms with van der Waals surface area (Å²) in [5, 5.41) is 9.71. The van der Waals surface area contributed by atoms with Crippen molar-refractivity contribution < 1.29 is 32.5 Å². The third-order valence-corrected chi connectivity index (χ3v) is 2.95. The molecule has 0 spiro atoms. The first kappa shape index (κ1) is 17.0. The second-order valence-corrected chi connectivity index (χ2v) is 4.33. The number of methoxy groups -OCH3 is 2. The second-order valence-electron chi connectivity index (χ2n) is 4.33. The van der Waals surface area contributed by atoms with Gasteiger partial charge in [-0.15, -0.1) is 0 Å². The molecule has 0 heterocycles. The van der Waals surface area contributed by atoms with E-state index in [9.17, 15) is 23.1 Å². The van der Waals surface area contributed by atoms with E-state index >= 15 is 0 Å². The molecule has 0 bridgehead atoms. The normalized spacial score (nSPS) is 14.2. The monoisotopic (exact) mass is 304 g/mol. The van der Waals surface area contributed by atoms with Crippen LogP contribution in [0.5, 0.6) is 5.75 Å². The molecular formula is C14H15F3O4. The predicted molar refractivity (Wildman–Crippen MR) is 69.7 cm³/mol. The molecule has 0 aromatic heterocycles. The van der Waals surface area contributed by atoms with Crippen molar-refractivity contribution in [1.82, 2.24) is 0 Å². The van der Waals surface area contributed by atoms with Crippen molar-refractivity contribution in [2.75, 3.05) is 14.2 Å². The highest BCUT2D eigenvalue weighted by Gasteiger charge is 2.60. The van der Waals surface area contributed by atoms with Crippen LogP contribution in [-0.2, 0) is 9.53 Å². The number of halogens is 3. The Bertz CT molecular complexity index is 539. The van der Waals surface area contributed by atoms with Gasteiger partial charge < -0.3 is 14.6 Å². The summed E-state index contributed by atoms with van der Waals surface area (Å²) in [5.41, 5.74) is -3.48. The van der Waals surface area contributed by atoms with Gasteiger partial charge in [-0.25, -0.2) is 4.79 Å². The highest BCUT2D eigenvalue weighted by Crippen LogP contribution is 2.39. The maximum atomic E-state index is 13.0. The van der Waals surface area contributed by atoms with Crippen molar-refractivity contribution in [2.45, 2.75) is 18.2 Å². The van der Waals surface area contributed by atoms with Crippen LogP contribution in [-0.4, -0.2) is 37.1 Å². The largest absolute Gasteiger partial charge is 0.496 e. The van der Waals surface area contributed by atoms with Gasteiger partial charge in [-0.05, 0) is 11.6 Å². The number of hydrogen-bond donors (Lipinski definition) is 1. The molecule has 0 radical (unpaired) electrons. The van der Waals surface area contributed by atoms with Crippen molar-refractivity contribution in [3.05, 3.63) is 36.4 Å². The standard InChI is InChI=1S/C14H15F3O4/c1-9(10-6-4-5-7-11(10)20-2)8-13(19,12(18)21-3)14(15,16)17/h4-7,19H,1,8H2,2-3H3/t13-/m1/s1. The molecule has 0 aliphatic carbocycles. The highest BCUT2D eigenvalue weighted by molar-refractivity contribution is 5.84. The molecule has 0 aliphatic heterocycles. The fraction of sp³-hybridized carbons (Fsp3) is 0.357. The lowest BCUT2D eigenvalue weighted by molar-refractivity contribution is -0.259. The Morgan fingerprint density at radius 2 is 1.86 bits per heavy atom. The molecule has 0 aliphatic rings. The third-order valence-electron chi connectivity index (χ3n) is 2.95. The quantitative estimate of drug-likeness (QED) is 0.850. The van der Waals surface area contributed by atoms with Crippen LogP contribution < -0.4 is 4.74 Å². The van der Waals surface area contributed by atoms with E-state index in [1.807, 2.05) is 0 Å².